The van der Waals surface area contributed by atoms with E-state index in [9.17, 15) is 14.4 Å². The van der Waals surface area contributed by atoms with Crippen molar-refractivity contribution >= 4 is 27.9 Å². The molecule has 0 spiro atoms. The van der Waals surface area contributed by atoms with Crippen LogP contribution in [-0.2, 0) is 17.6 Å². The molecule has 1 aromatic heterocycles. The fraction of sp³-hybridized carbons (Fsp3) is 0.478. The summed E-state index contributed by atoms with van der Waals surface area (Å²) in [7, 11) is 0. The summed E-state index contributed by atoms with van der Waals surface area (Å²) in [5, 5.41) is 13.5. The van der Waals surface area contributed by atoms with Gasteiger partial charge in [0, 0.05) is 10.6 Å². The molecule has 1 saturated heterocycles. The molecule has 1 atom stereocenters. The summed E-state index contributed by atoms with van der Waals surface area (Å²) in [6.45, 7) is 5.31. The minimum Gasteiger partial charge on any atom is -0.360 e. The summed E-state index contributed by atoms with van der Waals surface area (Å²) in [6, 6.07) is 8.74. The average molecular weight is 428 g/mol. The number of thiophene rings is 1. The van der Waals surface area contributed by atoms with Crippen LogP contribution in [0.3, 0.4) is 0 Å². The van der Waals surface area contributed by atoms with Gasteiger partial charge < -0.3 is 15.1 Å². The van der Waals surface area contributed by atoms with Gasteiger partial charge in [0.25, 0.3) is 5.91 Å². The zero-order valence-electron chi connectivity index (χ0n) is 17.3. The lowest BCUT2D eigenvalue weighted by Crippen LogP contribution is -3.19. The number of aryl methyl sites for hydroxylation is 1. The summed E-state index contributed by atoms with van der Waals surface area (Å²) in [5.74, 6) is -0.246. The third-order valence-corrected chi connectivity index (χ3v) is 7.58. The van der Waals surface area contributed by atoms with E-state index in [1.807, 2.05) is 6.92 Å². The Hall–Kier alpha value is -2.43. The molecule has 2 heterocycles. The number of hydrogen-bond acceptors (Lipinski definition) is 4. The predicted molar refractivity (Wildman–Crippen MR) is 118 cm³/mol. The van der Waals surface area contributed by atoms with Crippen molar-refractivity contribution in [2.45, 2.75) is 45.1 Å². The third kappa shape index (κ3) is 4.35. The molecule has 2 aromatic rings. The minimum atomic E-state index is -0.226. The molecule has 30 heavy (non-hydrogen) atoms. The summed E-state index contributed by atoms with van der Waals surface area (Å²) in [5.41, 5.74) is 2.85. The first-order chi connectivity index (χ1) is 14.6. The fourth-order valence-corrected chi connectivity index (χ4v) is 5.73. The number of carbonyl (C=O) groups is 1. The molecule has 1 aliphatic carbocycles. The zero-order chi connectivity index (χ0) is 21.1. The van der Waals surface area contributed by atoms with Crippen molar-refractivity contribution in [1.29, 1.82) is 5.26 Å². The summed E-state index contributed by atoms with van der Waals surface area (Å²) >= 11 is 1.59. The van der Waals surface area contributed by atoms with Gasteiger partial charge in [0.2, 0.25) is 0 Å². The SMILES string of the molecule is C[C@H](C(=O)Nc1sc2c(c1C#N)CCCCC2)[NH+]1CCN(c2ccc(F)cc2)CC1. The Kier molecular flexibility index (Phi) is 6.35. The van der Waals surface area contributed by atoms with Crippen LogP contribution in [0.4, 0.5) is 15.1 Å². The fourth-order valence-electron chi connectivity index (χ4n) is 4.49. The van der Waals surface area contributed by atoms with Crippen molar-refractivity contribution in [2.75, 3.05) is 36.4 Å². The average Bonchev–Trinajstić information content (AvgIpc) is 2.92. The lowest BCUT2D eigenvalue weighted by Gasteiger charge is -2.36. The molecule has 0 radical (unpaired) electrons. The van der Waals surface area contributed by atoms with Gasteiger partial charge in [-0.25, -0.2) is 4.39 Å². The van der Waals surface area contributed by atoms with Gasteiger partial charge in [0.1, 0.15) is 16.9 Å². The molecule has 1 amide bonds. The molecule has 4 rings (SSSR count). The van der Waals surface area contributed by atoms with Gasteiger partial charge in [-0.2, -0.15) is 5.26 Å². The van der Waals surface area contributed by atoms with Crippen molar-refractivity contribution in [3.63, 3.8) is 0 Å². The number of amides is 1. The van der Waals surface area contributed by atoms with E-state index >= 15 is 0 Å². The van der Waals surface area contributed by atoms with Gasteiger partial charge in [0.15, 0.2) is 6.04 Å². The molecule has 0 unspecified atom stereocenters. The molecule has 1 fully saturated rings. The number of quaternary nitrogens is 1. The van der Waals surface area contributed by atoms with E-state index in [0.29, 0.717) is 5.56 Å². The minimum absolute atomic E-state index is 0.0202. The number of carbonyl (C=O) groups excluding carboxylic acids is 1. The maximum absolute atomic E-state index is 13.2. The van der Waals surface area contributed by atoms with Crippen LogP contribution in [-0.4, -0.2) is 38.1 Å². The zero-order valence-corrected chi connectivity index (χ0v) is 18.2. The summed E-state index contributed by atoms with van der Waals surface area (Å²) in [4.78, 5) is 17.7. The van der Waals surface area contributed by atoms with E-state index in [4.69, 9.17) is 0 Å². The maximum atomic E-state index is 13.2. The number of benzene rings is 1. The molecule has 0 bridgehead atoms. The quantitative estimate of drug-likeness (QED) is 0.738. The number of anilines is 2. The first-order valence-electron chi connectivity index (χ1n) is 10.8. The third-order valence-electron chi connectivity index (χ3n) is 6.37. The smallest absolute Gasteiger partial charge is 0.283 e. The predicted octanol–water partition coefficient (Wildman–Crippen LogP) is 2.76. The molecule has 1 aromatic carbocycles. The second-order valence-corrected chi connectivity index (χ2v) is 9.32. The molecule has 2 aliphatic rings. The first kappa shape index (κ1) is 20.8. The van der Waals surface area contributed by atoms with Crippen LogP contribution in [0.25, 0.3) is 0 Å². The Morgan fingerprint density at radius 3 is 2.60 bits per heavy atom. The van der Waals surface area contributed by atoms with Gasteiger partial charge in [-0.15, -0.1) is 11.3 Å². The highest BCUT2D eigenvalue weighted by molar-refractivity contribution is 7.16. The molecular formula is C23H28FN4OS+. The number of rotatable bonds is 4. The van der Waals surface area contributed by atoms with Gasteiger partial charge in [-0.1, -0.05) is 6.42 Å². The Morgan fingerprint density at radius 1 is 1.20 bits per heavy atom. The van der Waals surface area contributed by atoms with Crippen molar-refractivity contribution in [1.82, 2.24) is 0 Å². The van der Waals surface area contributed by atoms with E-state index in [0.717, 1.165) is 68.1 Å². The Labute approximate surface area is 181 Å². The van der Waals surface area contributed by atoms with Crippen LogP contribution in [0.2, 0.25) is 0 Å². The monoisotopic (exact) mass is 427 g/mol. The van der Waals surface area contributed by atoms with Crippen molar-refractivity contribution in [3.8, 4) is 6.07 Å². The molecule has 158 valence electrons. The molecule has 0 saturated carbocycles. The topological polar surface area (TPSA) is 60.6 Å². The molecule has 1 aliphatic heterocycles. The maximum Gasteiger partial charge on any atom is 0.283 e. The normalized spacial score (nSPS) is 18.2. The van der Waals surface area contributed by atoms with E-state index in [1.54, 1.807) is 23.5 Å². The first-order valence-corrected chi connectivity index (χ1v) is 11.6. The van der Waals surface area contributed by atoms with Gasteiger partial charge in [0.05, 0.1) is 31.7 Å². The summed E-state index contributed by atoms with van der Waals surface area (Å²) in [6.07, 6.45) is 5.43. The Bertz CT molecular complexity index is 941. The van der Waals surface area contributed by atoms with Crippen LogP contribution in [0.1, 0.15) is 42.2 Å². The highest BCUT2D eigenvalue weighted by atomic mass is 32.1. The van der Waals surface area contributed by atoms with E-state index in [-0.39, 0.29) is 17.8 Å². The number of piperazine rings is 1. The van der Waals surface area contributed by atoms with Crippen LogP contribution in [0, 0.1) is 17.1 Å². The molecular weight excluding hydrogens is 399 g/mol. The molecule has 2 N–H and O–H groups in total. The second-order valence-electron chi connectivity index (χ2n) is 8.21. The number of nitrogens with zero attached hydrogens (tertiary/aromatic N) is 2. The molecule has 7 heteroatoms. The van der Waals surface area contributed by atoms with Gasteiger partial charge in [-0.3, -0.25) is 4.79 Å². The van der Waals surface area contributed by atoms with Gasteiger partial charge >= 0.3 is 0 Å². The number of halogens is 1. The van der Waals surface area contributed by atoms with Crippen LogP contribution in [0.15, 0.2) is 24.3 Å². The lowest BCUT2D eigenvalue weighted by molar-refractivity contribution is -0.914. The van der Waals surface area contributed by atoms with E-state index in [1.165, 1.54) is 28.3 Å². The summed E-state index contributed by atoms with van der Waals surface area (Å²) < 4.78 is 13.2. The number of nitrogens with one attached hydrogen (secondary N) is 2. The van der Waals surface area contributed by atoms with E-state index < -0.39 is 0 Å². The molecule has 5 nitrogen and oxygen atoms in total. The van der Waals surface area contributed by atoms with E-state index in [2.05, 4.69) is 16.3 Å². The van der Waals surface area contributed by atoms with Crippen molar-refractivity contribution < 1.29 is 14.1 Å². The Morgan fingerprint density at radius 2 is 1.90 bits per heavy atom. The standard InChI is InChI=1S/C23H27FN4OS/c1-16(27-11-13-28(14-12-27)18-9-7-17(24)8-10-18)22(29)26-23-20(15-25)19-5-3-2-4-6-21(19)30-23/h7-10,16H,2-6,11-14H2,1H3,(H,26,29)/p+1/t16-/m1/s1. The van der Waals surface area contributed by atoms with Crippen LogP contribution >= 0.6 is 11.3 Å². The van der Waals surface area contributed by atoms with Gasteiger partial charge in [-0.05, 0) is 62.4 Å². The number of hydrogen-bond donors (Lipinski definition) is 2. The Balaban J connectivity index is 1.38. The second kappa shape index (κ2) is 9.15. The van der Waals surface area contributed by atoms with Crippen LogP contribution in [0.5, 0.6) is 0 Å². The highest BCUT2D eigenvalue weighted by Crippen LogP contribution is 2.37. The van der Waals surface area contributed by atoms with Crippen molar-refractivity contribution in [2.24, 2.45) is 0 Å². The number of fused-ring (bicyclic) bond motifs is 1. The highest BCUT2D eigenvalue weighted by Gasteiger charge is 2.30. The van der Waals surface area contributed by atoms with Crippen molar-refractivity contribution in [3.05, 3.63) is 46.1 Å². The lowest BCUT2D eigenvalue weighted by atomic mass is 10.1. The number of nitriles is 1. The largest absolute Gasteiger partial charge is 0.360 e. The van der Waals surface area contributed by atoms with Crippen LogP contribution < -0.4 is 15.1 Å².